The Labute approximate surface area is 300 Å². The van der Waals surface area contributed by atoms with E-state index in [4.69, 9.17) is 0 Å². The highest BCUT2D eigenvalue weighted by atomic mass is 32.2. The predicted octanol–water partition coefficient (Wildman–Crippen LogP) is 4.55. The number of carbonyl (C=O) groups is 3. The average Bonchev–Trinajstić information content (AvgIpc) is 3.08. The van der Waals surface area contributed by atoms with Crippen LogP contribution in [0.15, 0.2) is 78.9 Å². The number of anilines is 1. The average molecular weight is 724 g/mol. The van der Waals surface area contributed by atoms with Gasteiger partial charge in [0.15, 0.2) is 0 Å². The van der Waals surface area contributed by atoms with Crippen LogP contribution in [0.1, 0.15) is 68.9 Å². The number of nitro groups is 1. The maximum Gasteiger partial charge on any atom is 0.272 e. The van der Waals surface area contributed by atoms with Crippen molar-refractivity contribution in [1.82, 2.24) is 16.0 Å². The minimum absolute atomic E-state index is 0.00245. The summed E-state index contributed by atoms with van der Waals surface area (Å²) in [5, 5.41) is 31.5. The zero-order valence-corrected chi connectivity index (χ0v) is 30.7. The zero-order chi connectivity index (χ0) is 37.9. The number of nitrogens with one attached hydrogen (secondary N) is 3. The molecule has 0 heterocycles. The fourth-order valence-electron chi connectivity index (χ4n) is 5.49. The van der Waals surface area contributed by atoms with Crippen LogP contribution in [0.3, 0.4) is 0 Å². The summed E-state index contributed by atoms with van der Waals surface area (Å²) in [5.41, 5.74) is 0.694. The maximum atomic E-state index is 13.6. The number of hydrogen-bond donors (Lipinski definition) is 4. The Hall–Kier alpha value is -4.82. The third kappa shape index (κ3) is 12.2. The molecule has 3 aromatic carbocycles. The van der Waals surface area contributed by atoms with Gasteiger partial charge in [0.05, 0.1) is 28.5 Å². The first-order valence-corrected chi connectivity index (χ1v) is 18.5. The van der Waals surface area contributed by atoms with Crippen molar-refractivity contribution in [2.75, 3.05) is 11.4 Å². The number of non-ortho nitro benzene ring substituents is 1. The van der Waals surface area contributed by atoms with E-state index >= 15 is 0 Å². The smallest absolute Gasteiger partial charge is 0.272 e. The maximum absolute atomic E-state index is 13.6. The largest absolute Gasteiger partial charge is 0.391 e. The molecule has 0 saturated carbocycles. The van der Waals surface area contributed by atoms with E-state index < -0.39 is 56.6 Å². The summed E-state index contributed by atoms with van der Waals surface area (Å²) in [7, 11) is -2.73. The highest BCUT2D eigenvalue weighted by Gasteiger charge is 2.31. The van der Waals surface area contributed by atoms with Crippen LogP contribution < -0.4 is 20.3 Å². The molecule has 4 N–H and O–H groups in total. The molecular formula is C37H49N5O8S. The van der Waals surface area contributed by atoms with Gasteiger partial charge < -0.3 is 21.1 Å². The molecule has 14 heteroatoms. The molecule has 276 valence electrons. The number of carbonyl (C=O) groups excluding carboxylic acids is 3. The summed E-state index contributed by atoms with van der Waals surface area (Å²) < 4.78 is 27.3. The molecule has 0 saturated heterocycles. The van der Waals surface area contributed by atoms with Crippen LogP contribution in [-0.2, 0) is 31.9 Å². The number of amides is 3. The molecule has 0 aliphatic rings. The number of aliphatic hydroxyl groups excluding tert-OH is 1. The third-order valence-electron chi connectivity index (χ3n) is 8.45. The van der Waals surface area contributed by atoms with E-state index in [1.807, 2.05) is 58.0 Å². The van der Waals surface area contributed by atoms with Crippen molar-refractivity contribution >= 4 is 39.1 Å². The van der Waals surface area contributed by atoms with Gasteiger partial charge in [-0.1, -0.05) is 95.3 Å². The second-order valence-electron chi connectivity index (χ2n) is 13.6. The number of rotatable bonds is 18. The summed E-state index contributed by atoms with van der Waals surface area (Å²) in [6.45, 7) is 9.33. The minimum atomic E-state index is -3.99. The Balaban J connectivity index is 1.74. The number of benzene rings is 3. The van der Waals surface area contributed by atoms with Crippen LogP contribution in [0.5, 0.6) is 0 Å². The summed E-state index contributed by atoms with van der Waals surface area (Å²) in [5.74, 6) is -2.87. The summed E-state index contributed by atoms with van der Waals surface area (Å²) in [4.78, 5) is 50.9. The summed E-state index contributed by atoms with van der Waals surface area (Å²) >= 11 is 0. The molecule has 3 amide bonds. The quantitative estimate of drug-likeness (QED) is 0.109. The highest BCUT2D eigenvalue weighted by Crippen LogP contribution is 2.27. The van der Waals surface area contributed by atoms with Crippen molar-refractivity contribution in [3.05, 3.63) is 106 Å². The highest BCUT2D eigenvalue weighted by molar-refractivity contribution is 7.92. The summed E-state index contributed by atoms with van der Waals surface area (Å²) in [6, 6.07) is 19.5. The molecule has 4 atom stereocenters. The molecule has 0 radical (unpaired) electrons. The van der Waals surface area contributed by atoms with E-state index in [1.165, 1.54) is 13.1 Å². The van der Waals surface area contributed by atoms with Crippen LogP contribution in [0.2, 0.25) is 0 Å². The molecule has 0 unspecified atom stereocenters. The molecular weight excluding hydrogens is 675 g/mol. The Morgan fingerprint density at radius 3 is 1.98 bits per heavy atom. The van der Waals surface area contributed by atoms with E-state index in [1.54, 1.807) is 37.3 Å². The van der Waals surface area contributed by atoms with Crippen LogP contribution >= 0.6 is 0 Å². The predicted molar refractivity (Wildman–Crippen MR) is 196 cm³/mol. The molecule has 0 fully saturated rings. The SMILES string of the molecule is CC(C)C[C@H](NC(=O)c1cc(N(C)S(=O)(=O)Cc2ccccc2)cc([N+](=O)[O-])c1)[C@@H](O)C[C@@H](C)C(=O)N[C@H](C(=O)NCc1ccccc1)C(C)C. The topological polar surface area (TPSA) is 188 Å². The van der Waals surface area contributed by atoms with E-state index in [9.17, 15) is 38.0 Å². The van der Waals surface area contributed by atoms with Gasteiger partial charge in [0.2, 0.25) is 21.8 Å². The van der Waals surface area contributed by atoms with Gasteiger partial charge in [-0.05, 0) is 41.9 Å². The molecule has 0 bridgehead atoms. The van der Waals surface area contributed by atoms with Gasteiger partial charge in [0.1, 0.15) is 6.04 Å². The Morgan fingerprint density at radius 2 is 1.43 bits per heavy atom. The normalized spacial score (nSPS) is 13.9. The summed E-state index contributed by atoms with van der Waals surface area (Å²) in [6.07, 6.45) is -0.945. The van der Waals surface area contributed by atoms with Gasteiger partial charge >= 0.3 is 0 Å². The molecule has 3 rings (SSSR count). The van der Waals surface area contributed by atoms with E-state index in [2.05, 4.69) is 16.0 Å². The fraction of sp³-hybridized carbons (Fsp3) is 0.432. The van der Waals surface area contributed by atoms with Crippen molar-refractivity contribution in [3.63, 3.8) is 0 Å². The Bertz CT molecular complexity index is 1750. The first-order chi connectivity index (χ1) is 24.0. The molecule has 0 aromatic heterocycles. The van der Waals surface area contributed by atoms with Gasteiger partial charge in [0, 0.05) is 37.2 Å². The van der Waals surface area contributed by atoms with Crippen molar-refractivity contribution in [2.45, 2.75) is 77.9 Å². The van der Waals surface area contributed by atoms with Crippen molar-refractivity contribution in [2.24, 2.45) is 17.8 Å². The number of hydrogen-bond acceptors (Lipinski definition) is 8. The number of nitrogens with zero attached hydrogens (tertiary/aromatic N) is 2. The number of nitro benzene ring substituents is 1. The van der Waals surface area contributed by atoms with Crippen molar-refractivity contribution in [3.8, 4) is 0 Å². The lowest BCUT2D eigenvalue weighted by atomic mass is 9.91. The van der Waals surface area contributed by atoms with Crippen LogP contribution in [0, 0.1) is 27.9 Å². The third-order valence-corrected chi connectivity index (χ3v) is 10.2. The first-order valence-electron chi connectivity index (χ1n) is 16.9. The minimum Gasteiger partial charge on any atom is -0.391 e. The lowest BCUT2D eigenvalue weighted by molar-refractivity contribution is -0.384. The number of aliphatic hydroxyl groups is 1. The molecule has 13 nitrogen and oxygen atoms in total. The second kappa shape index (κ2) is 18.4. The Morgan fingerprint density at radius 1 is 0.843 bits per heavy atom. The van der Waals surface area contributed by atoms with E-state index in [0.29, 0.717) is 18.5 Å². The Kier molecular flexibility index (Phi) is 14.7. The van der Waals surface area contributed by atoms with Crippen LogP contribution in [0.4, 0.5) is 11.4 Å². The lowest BCUT2D eigenvalue weighted by Gasteiger charge is -2.29. The van der Waals surface area contributed by atoms with Crippen molar-refractivity contribution in [1.29, 1.82) is 0 Å². The van der Waals surface area contributed by atoms with Gasteiger partial charge in [-0.2, -0.15) is 0 Å². The van der Waals surface area contributed by atoms with Gasteiger partial charge in [-0.25, -0.2) is 8.42 Å². The molecule has 0 spiro atoms. The second-order valence-corrected chi connectivity index (χ2v) is 15.6. The molecule has 0 aliphatic heterocycles. The van der Waals surface area contributed by atoms with Gasteiger partial charge in [-0.15, -0.1) is 0 Å². The van der Waals surface area contributed by atoms with E-state index in [0.717, 1.165) is 22.0 Å². The molecule has 3 aromatic rings. The monoisotopic (exact) mass is 723 g/mol. The standard InChI is InChI=1S/C37H49N5O8S/c1-24(2)17-32(33(43)18-26(5)35(44)40-34(25(3)4)37(46)38-22-27-13-9-7-10-14-27)39-36(45)29-19-30(21-31(20-29)42(47)48)41(6)51(49,50)23-28-15-11-8-12-16-28/h7-16,19-21,24-26,32-34,43H,17-18,22-23H2,1-6H3,(H,38,46)(H,39,45)(H,40,44)/t26-,32+,33+,34+/m1/s1. The molecule has 0 aliphatic carbocycles. The molecule has 51 heavy (non-hydrogen) atoms. The van der Waals surface area contributed by atoms with Crippen LogP contribution in [-0.4, -0.2) is 61.4 Å². The van der Waals surface area contributed by atoms with E-state index in [-0.39, 0.29) is 41.2 Å². The first kappa shape index (κ1) is 40.6. The fourth-order valence-corrected chi connectivity index (χ4v) is 6.72. The lowest BCUT2D eigenvalue weighted by Crippen LogP contribution is -2.51. The number of sulfonamides is 1. The van der Waals surface area contributed by atoms with Crippen molar-refractivity contribution < 1.29 is 32.8 Å². The zero-order valence-electron chi connectivity index (χ0n) is 29.9. The van der Waals surface area contributed by atoms with Gasteiger partial charge in [-0.3, -0.25) is 28.8 Å². The van der Waals surface area contributed by atoms with Gasteiger partial charge in [0.25, 0.3) is 11.6 Å². The van der Waals surface area contributed by atoms with Crippen LogP contribution in [0.25, 0.3) is 0 Å².